The zero-order valence-electron chi connectivity index (χ0n) is 17.1. The average molecular weight is 423 g/mol. The predicted molar refractivity (Wildman–Crippen MR) is 120 cm³/mol. The molecule has 1 unspecified atom stereocenters. The maximum absolute atomic E-state index is 12.4. The van der Waals surface area contributed by atoms with Crippen LogP contribution < -0.4 is 10.1 Å². The molecule has 2 aliphatic heterocycles. The summed E-state index contributed by atoms with van der Waals surface area (Å²) >= 11 is 6.11. The molecule has 0 aliphatic carbocycles. The van der Waals surface area contributed by atoms with E-state index in [-0.39, 0.29) is 18.2 Å². The molecule has 0 spiro atoms. The van der Waals surface area contributed by atoms with Crippen molar-refractivity contribution in [1.82, 2.24) is 5.32 Å². The van der Waals surface area contributed by atoms with Gasteiger partial charge in [0.2, 0.25) is 5.91 Å². The molecular weight excluding hydrogens is 400 g/mol. The van der Waals surface area contributed by atoms with E-state index in [9.17, 15) is 4.79 Å². The Labute approximate surface area is 180 Å². The van der Waals surface area contributed by atoms with Gasteiger partial charge in [0, 0.05) is 22.7 Å². The van der Waals surface area contributed by atoms with Gasteiger partial charge in [0.1, 0.15) is 11.8 Å². The van der Waals surface area contributed by atoms with Crippen LogP contribution in [0.2, 0.25) is 5.02 Å². The maximum Gasteiger partial charge on any atom is 0.222 e. The molecule has 1 amide bonds. The molecule has 1 N–H and O–H groups in total. The van der Waals surface area contributed by atoms with Crippen LogP contribution in [-0.4, -0.2) is 42.7 Å². The van der Waals surface area contributed by atoms with Gasteiger partial charge in [-0.2, -0.15) is 10.2 Å². The van der Waals surface area contributed by atoms with Crippen molar-refractivity contribution in [3.8, 4) is 5.75 Å². The maximum atomic E-state index is 12.4. The molecule has 0 radical (unpaired) electrons. The standard InChI is InChI=1S/C23H23ClN4O2/c1-4-25-20(29)12-19-23-21(13(2)27-28-23)17-10-9-16(30-3)11-18(17)22(26-19)14-5-7-15(24)8-6-14/h5-11,19,21H,4,12H2,1-3H3,(H,25,29)/t19-,21?/m0/s1. The summed E-state index contributed by atoms with van der Waals surface area (Å²) in [5, 5.41) is 12.3. The van der Waals surface area contributed by atoms with Crippen molar-refractivity contribution in [2.75, 3.05) is 13.7 Å². The highest BCUT2D eigenvalue weighted by Crippen LogP contribution is 2.36. The Morgan fingerprint density at radius 2 is 1.93 bits per heavy atom. The molecule has 2 aliphatic rings. The first-order valence-electron chi connectivity index (χ1n) is 9.92. The van der Waals surface area contributed by atoms with Crippen molar-refractivity contribution in [3.63, 3.8) is 0 Å². The number of benzene rings is 2. The Kier molecular flexibility index (Phi) is 5.68. The minimum atomic E-state index is -0.410. The van der Waals surface area contributed by atoms with Gasteiger partial charge in [-0.1, -0.05) is 29.8 Å². The van der Waals surface area contributed by atoms with Crippen molar-refractivity contribution in [2.24, 2.45) is 15.2 Å². The lowest BCUT2D eigenvalue weighted by atomic mass is 9.84. The van der Waals surface area contributed by atoms with Gasteiger partial charge < -0.3 is 10.1 Å². The Balaban J connectivity index is 1.91. The van der Waals surface area contributed by atoms with E-state index in [1.807, 2.05) is 56.3 Å². The molecule has 7 heteroatoms. The first-order valence-corrected chi connectivity index (χ1v) is 10.3. The van der Waals surface area contributed by atoms with Crippen molar-refractivity contribution in [1.29, 1.82) is 0 Å². The molecule has 154 valence electrons. The second-order valence-corrected chi connectivity index (χ2v) is 7.75. The van der Waals surface area contributed by atoms with E-state index in [1.165, 1.54) is 0 Å². The number of nitrogens with zero attached hydrogens (tertiary/aromatic N) is 3. The SMILES string of the molecule is CCNC(=O)C[C@@H]1N=C(c2ccc(Cl)cc2)c2cc(OC)ccc2C2C(C)=NN=C21. The number of fused-ring (bicyclic) bond motifs is 3. The summed E-state index contributed by atoms with van der Waals surface area (Å²) in [6.07, 6.45) is 0.216. The molecule has 0 saturated carbocycles. The van der Waals surface area contributed by atoms with E-state index in [0.29, 0.717) is 11.6 Å². The van der Waals surface area contributed by atoms with E-state index >= 15 is 0 Å². The lowest BCUT2D eigenvalue weighted by molar-refractivity contribution is -0.121. The number of aliphatic imine (C=N–C) groups is 1. The summed E-state index contributed by atoms with van der Waals surface area (Å²) in [6.45, 7) is 4.44. The molecule has 0 saturated heterocycles. The van der Waals surface area contributed by atoms with Crippen molar-refractivity contribution >= 4 is 34.6 Å². The molecule has 30 heavy (non-hydrogen) atoms. The van der Waals surface area contributed by atoms with Gasteiger partial charge in [-0.15, -0.1) is 0 Å². The first-order chi connectivity index (χ1) is 14.5. The van der Waals surface area contributed by atoms with Crippen LogP contribution in [0.25, 0.3) is 0 Å². The fourth-order valence-corrected chi connectivity index (χ4v) is 4.08. The highest BCUT2D eigenvalue weighted by atomic mass is 35.5. The third-order valence-corrected chi connectivity index (χ3v) is 5.61. The molecule has 0 aromatic heterocycles. The lowest BCUT2D eigenvalue weighted by Gasteiger charge is -2.18. The number of carbonyl (C=O) groups excluding carboxylic acids is 1. The summed E-state index contributed by atoms with van der Waals surface area (Å²) in [6, 6.07) is 13.1. The fourth-order valence-electron chi connectivity index (χ4n) is 3.95. The molecule has 0 fully saturated rings. The molecular formula is C23H23ClN4O2. The van der Waals surface area contributed by atoms with Gasteiger partial charge in [-0.3, -0.25) is 9.79 Å². The quantitative estimate of drug-likeness (QED) is 0.790. The van der Waals surface area contributed by atoms with Gasteiger partial charge in [0.05, 0.1) is 36.6 Å². The van der Waals surface area contributed by atoms with Crippen LogP contribution in [0.1, 0.15) is 42.9 Å². The van der Waals surface area contributed by atoms with Gasteiger partial charge >= 0.3 is 0 Å². The largest absolute Gasteiger partial charge is 0.497 e. The third-order valence-electron chi connectivity index (χ3n) is 5.36. The molecule has 2 aromatic rings. The monoisotopic (exact) mass is 422 g/mol. The average Bonchev–Trinajstić information content (AvgIpc) is 3.06. The van der Waals surface area contributed by atoms with Crippen LogP contribution in [0.4, 0.5) is 0 Å². The number of amides is 1. The van der Waals surface area contributed by atoms with Crippen LogP contribution >= 0.6 is 11.6 Å². The van der Waals surface area contributed by atoms with E-state index < -0.39 is 6.04 Å². The number of carbonyl (C=O) groups is 1. The molecule has 4 rings (SSSR count). The zero-order chi connectivity index (χ0) is 21.3. The summed E-state index contributed by atoms with van der Waals surface area (Å²) in [7, 11) is 1.64. The van der Waals surface area contributed by atoms with Crippen LogP contribution in [0.3, 0.4) is 0 Å². The Morgan fingerprint density at radius 1 is 1.17 bits per heavy atom. The van der Waals surface area contributed by atoms with Crippen LogP contribution in [0.5, 0.6) is 5.75 Å². The van der Waals surface area contributed by atoms with Crippen molar-refractivity contribution in [2.45, 2.75) is 32.2 Å². The number of ether oxygens (including phenoxy) is 1. The predicted octanol–water partition coefficient (Wildman–Crippen LogP) is 4.01. The zero-order valence-corrected chi connectivity index (χ0v) is 17.9. The van der Waals surface area contributed by atoms with Crippen LogP contribution in [0.15, 0.2) is 57.7 Å². The van der Waals surface area contributed by atoms with Crippen molar-refractivity contribution in [3.05, 3.63) is 64.2 Å². The number of hydrogen-bond acceptors (Lipinski definition) is 5. The third kappa shape index (κ3) is 3.75. The van der Waals surface area contributed by atoms with Gasteiger partial charge in [-0.25, -0.2) is 0 Å². The normalized spacial score (nSPS) is 19.7. The molecule has 6 nitrogen and oxygen atoms in total. The highest BCUT2D eigenvalue weighted by molar-refractivity contribution is 6.31. The number of hydrogen-bond donors (Lipinski definition) is 1. The topological polar surface area (TPSA) is 75.4 Å². The molecule has 0 bridgehead atoms. The number of halogens is 1. The first kappa shape index (κ1) is 20.3. The highest BCUT2D eigenvalue weighted by Gasteiger charge is 2.38. The summed E-state index contributed by atoms with van der Waals surface area (Å²) in [4.78, 5) is 17.5. The number of rotatable bonds is 5. The minimum Gasteiger partial charge on any atom is -0.497 e. The Hall–Kier alpha value is -2.99. The smallest absolute Gasteiger partial charge is 0.222 e. The van der Waals surface area contributed by atoms with Crippen LogP contribution in [-0.2, 0) is 4.79 Å². The fraction of sp³-hybridized carbons (Fsp3) is 0.304. The summed E-state index contributed by atoms with van der Waals surface area (Å²) in [5.74, 6) is 0.568. The lowest BCUT2D eigenvalue weighted by Crippen LogP contribution is -2.33. The second kappa shape index (κ2) is 8.40. The summed E-state index contributed by atoms with van der Waals surface area (Å²) in [5.41, 5.74) is 5.41. The van der Waals surface area contributed by atoms with E-state index in [0.717, 1.165) is 39.6 Å². The van der Waals surface area contributed by atoms with Gasteiger partial charge in [-0.05, 0) is 43.7 Å². The Morgan fingerprint density at radius 3 is 2.63 bits per heavy atom. The van der Waals surface area contributed by atoms with Gasteiger partial charge in [0.25, 0.3) is 0 Å². The number of nitrogens with one attached hydrogen (secondary N) is 1. The molecule has 2 aromatic carbocycles. The van der Waals surface area contributed by atoms with Gasteiger partial charge in [0.15, 0.2) is 0 Å². The summed E-state index contributed by atoms with van der Waals surface area (Å²) < 4.78 is 5.49. The second-order valence-electron chi connectivity index (χ2n) is 7.31. The molecule has 2 heterocycles. The number of methoxy groups -OCH3 is 1. The molecule has 2 atom stereocenters. The van der Waals surface area contributed by atoms with Crippen LogP contribution in [0, 0.1) is 0 Å². The Bertz CT molecular complexity index is 1070. The van der Waals surface area contributed by atoms with E-state index in [4.69, 9.17) is 21.3 Å². The van der Waals surface area contributed by atoms with Crippen molar-refractivity contribution < 1.29 is 9.53 Å². The minimum absolute atomic E-state index is 0.0590. The van der Waals surface area contributed by atoms with E-state index in [1.54, 1.807) is 7.11 Å². The van der Waals surface area contributed by atoms with E-state index in [2.05, 4.69) is 15.5 Å².